The Hall–Kier alpha value is -3.21. The summed E-state index contributed by atoms with van der Waals surface area (Å²) in [6.07, 6.45) is 11.7. The molecule has 0 saturated heterocycles. The first kappa shape index (κ1) is 16.0. The number of fused-ring (bicyclic) bond motifs is 3. The summed E-state index contributed by atoms with van der Waals surface area (Å²) in [4.78, 5) is 32.3. The zero-order chi connectivity index (χ0) is 18.4. The topological polar surface area (TPSA) is 74.3 Å². The highest BCUT2D eigenvalue weighted by Crippen LogP contribution is 2.38. The van der Waals surface area contributed by atoms with Crippen molar-refractivity contribution in [2.45, 2.75) is 25.7 Å². The lowest BCUT2D eigenvalue weighted by atomic mass is 9.77. The Morgan fingerprint density at radius 1 is 1.15 bits per heavy atom. The average molecular weight is 357 g/mol. The van der Waals surface area contributed by atoms with E-state index in [2.05, 4.69) is 21.4 Å². The van der Waals surface area contributed by atoms with Crippen molar-refractivity contribution in [1.29, 1.82) is 0 Å². The number of benzene rings is 1. The lowest BCUT2D eigenvalue weighted by Gasteiger charge is -2.33. The van der Waals surface area contributed by atoms with Crippen molar-refractivity contribution in [3.05, 3.63) is 71.1 Å². The molecule has 0 fully saturated rings. The molecule has 5 heteroatoms. The second-order valence-corrected chi connectivity index (χ2v) is 7.22. The first-order valence-electron chi connectivity index (χ1n) is 9.32. The summed E-state index contributed by atoms with van der Waals surface area (Å²) in [5.41, 5.74) is 5.12. The van der Waals surface area contributed by atoms with Gasteiger partial charge in [-0.05, 0) is 67.7 Å². The van der Waals surface area contributed by atoms with Crippen LogP contribution in [0, 0.1) is 5.92 Å². The number of carbonyl (C=O) groups is 2. The van der Waals surface area contributed by atoms with Crippen LogP contribution in [0.5, 0.6) is 0 Å². The Morgan fingerprint density at radius 3 is 2.96 bits per heavy atom. The number of amides is 2. The van der Waals surface area contributed by atoms with Gasteiger partial charge in [-0.25, -0.2) is 4.99 Å². The number of H-pyrrole nitrogens is 1. The molecule has 134 valence electrons. The van der Waals surface area contributed by atoms with Gasteiger partial charge < -0.3 is 10.3 Å². The molecular weight excluding hydrogens is 338 g/mol. The van der Waals surface area contributed by atoms with Gasteiger partial charge in [0.25, 0.3) is 11.8 Å². The number of rotatable bonds is 1. The molecule has 3 aliphatic rings. The summed E-state index contributed by atoms with van der Waals surface area (Å²) < 4.78 is 0. The molecule has 2 heterocycles. The fraction of sp³-hybridized carbons (Fsp3) is 0.227. The predicted molar refractivity (Wildman–Crippen MR) is 104 cm³/mol. The highest BCUT2D eigenvalue weighted by molar-refractivity contribution is 6.14. The molecule has 1 atom stereocenters. The number of aromatic amines is 1. The molecule has 5 rings (SSSR count). The molecular formula is C22H19N3O2. The fourth-order valence-corrected chi connectivity index (χ4v) is 4.19. The molecule has 0 bridgehead atoms. The molecule has 1 aromatic heterocycles. The third-order valence-corrected chi connectivity index (χ3v) is 5.55. The molecule has 2 N–H and O–H groups in total. The van der Waals surface area contributed by atoms with Gasteiger partial charge in [-0.3, -0.25) is 9.59 Å². The molecule has 0 radical (unpaired) electrons. The maximum atomic E-state index is 12.6. The summed E-state index contributed by atoms with van der Waals surface area (Å²) in [5, 5.41) is 3.98. The molecule has 27 heavy (non-hydrogen) atoms. The highest BCUT2D eigenvalue weighted by atomic mass is 16.2. The lowest BCUT2D eigenvalue weighted by Crippen LogP contribution is -2.37. The van der Waals surface area contributed by atoms with E-state index in [4.69, 9.17) is 0 Å². The molecule has 0 saturated carbocycles. The Kier molecular flexibility index (Phi) is 3.67. The largest absolute Gasteiger partial charge is 0.361 e. The number of nitrogens with one attached hydrogen (secondary N) is 2. The summed E-state index contributed by atoms with van der Waals surface area (Å²) in [6.45, 7) is 0. The van der Waals surface area contributed by atoms with Crippen LogP contribution in [0.25, 0.3) is 10.9 Å². The number of aliphatic imine (C=N–C) groups is 1. The van der Waals surface area contributed by atoms with Gasteiger partial charge in [0.1, 0.15) is 0 Å². The van der Waals surface area contributed by atoms with E-state index in [0.29, 0.717) is 11.3 Å². The lowest BCUT2D eigenvalue weighted by molar-refractivity contribution is -0.117. The van der Waals surface area contributed by atoms with Crippen LogP contribution in [0.3, 0.4) is 0 Å². The zero-order valence-electron chi connectivity index (χ0n) is 14.8. The summed E-state index contributed by atoms with van der Waals surface area (Å²) in [6, 6.07) is 7.42. The van der Waals surface area contributed by atoms with Crippen molar-refractivity contribution in [1.82, 2.24) is 10.3 Å². The zero-order valence-corrected chi connectivity index (χ0v) is 14.8. The van der Waals surface area contributed by atoms with Crippen LogP contribution in [0.4, 0.5) is 0 Å². The van der Waals surface area contributed by atoms with Gasteiger partial charge in [0, 0.05) is 39.9 Å². The molecule has 5 nitrogen and oxygen atoms in total. The summed E-state index contributed by atoms with van der Waals surface area (Å²) in [5.74, 6) is -0.165. The molecule has 0 spiro atoms. The number of allylic oxidation sites excluding steroid dienone is 3. The smallest absolute Gasteiger partial charge is 0.277 e. The van der Waals surface area contributed by atoms with Gasteiger partial charge in [0.05, 0.1) is 5.71 Å². The normalized spacial score (nSPS) is 23.1. The van der Waals surface area contributed by atoms with Crippen molar-refractivity contribution in [3.8, 4) is 0 Å². The van der Waals surface area contributed by atoms with Gasteiger partial charge in [-0.2, -0.15) is 0 Å². The Bertz CT molecular complexity index is 1100. The van der Waals surface area contributed by atoms with E-state index >= 15 is 0 Å². The van der Waals surface area contributed by atoms with Crippen LogP contribution >= 0.6 is 0 Å². The molecule has 2 aliphatic carbocycles. The minimum absolute atomic E-state index is 0.00564. The van der Waals surface area contributed by atoms with Crippen LogP contribution in [-0.4, -0.2) is 22.5 Å². The maximum absolute atomic E-state index is 12.6. The van der Waals surface area contributed by atoms with Crippen molar-refractivity contribution in [2.24, 2.45) is 10.9 Å². The van der Waals surface area contributed by atoms with Crippen molar-refractivity contribution in [2.75, 3.05) is 0 Å². The molecule has 1 aliphatic heterocycles. The number of aromatic nitrogens is 1. The van der Waals surface area contributed by atoms with E-state index in [1.54, 1.807) is 6.07 Å². The van der Waals surface area contributed by atoms with Crippen LogP contribution in [0.2, 0.25) is 0 Å². The molecule has 1 aromatic carbocycles. The minimum Gasteiger partial charge on any atom is -0.361 e. The van der Waals surface area contributed by atoms with E-state index in [-0.39, 0.29) is 17.7 Å². The SMILES string of the molecule is O=C1NC2=CC(=NC(=O)c3ccc4[nH]ccc4c3)C=CC2C2=C1CCCC2. The average Bonchev–Trinajstić information content (AvgIpc) is 3.16. The fourth-order valence-electron chi connectivity index (χ4n) is 4.19. The van der Waals surface area contributed by atoms with Gasteiger partial charge in [-0.1, -0.05) is 6.08 Å². The number of hydrogen-bond acceptors (Lipinski definition) is 2. The third kappa shape index (κ3) is 2.76. The molecule has 2 aromatic rings. The Balaban J connectivity index is 1.45. The van der Waals surface area contributed by atoms with Gasteiger partial charge >= 0.3 is 0 Å². The second-order valence-electron chi connectivity index (χ2n) is 7.22. The number of carbonyl (C=O) groups excluding carboxylic acids is 2. The van der Waals surface area contributed by atoms with Gasteiger partial charge in [0.15, 0.2) is 0 Å². The monoisotopic (exact) mass is 357 g/mol. The Morgan fingerprint density at radius 2 is 2.04 bits per heavy atom. The number of nitrogens with zero attached hydrogens (tertiary/aromatic N) is 1. The van der Waals surface area contributed by atoms with E-state index < -0.39 is 0 Å². The summed E-state index contributed by atoms with van der Waals surface area (Å²) >= 11 is 0. The van der Waals surface area contributed by atoms with Crippen LogP contribution in [0.1, 0.15) is 36.0 Å². The van der Waals surface area contributed by atoms with Crippen LogP contribution < -0.4 is 5.32 Å². The standard InChI is InChI=1S/C22H19N3O2/c26-21(14-5-8-19-13(11-14)9-10-23-19)24-15-6-7-17-16-3-1-2-4-18(16)22(27)25-20(17)12-15/h5-12,17,23H,1-4H2,(H,25,27). The first-order valence-corrected chi connectivity index (χ1v) is 9.32. The predicted octanol–water partition coefficient (Wildman–Crippen LogP) is 3.82. The number of hydrogen-bond donors (Lipinski definition) is 2. The Labute approximate surface area is 156 Å². The minimum atomic E-state index is -0.284. The summed E-state index contributed by atoms with van der Waals surface area (Å²) in [7, 11) is 0. The third-order valence-electron chi connectivity index (χ3n) is 5.55. The van der Waals surface area contributed by atoms with Gasteiger partial charge in [0.2, 0.25) is 0 Å². The highest BCUT2D eigenvalue weighted by Gasteiger charge is 2.33. The van der Waals surface area contributed by atoms with Crippen LogP contribution in [-0.2, 0) is 4.79 Å². The molecule has 2 amide bonds. The van der Waals surface area contributed by atoms with Gasteiger partial charge in [-0.15, -0.1) is 0 Å². The van der Waals surface area contributed by atoms with E-state index in [9.17, 15) is 9.59 Å². The van der Waals surface area contributed by atoms with Crippen LogP contribution in [0.15, 0.2) is 70.5 Å². The first-order chi connectivity index (χ1) is 13.2. The van der Waals surface area contributed by atoms with E-state index in [1.807, 2.05) is 36.5 Å². The van der Waals surface area contributed by atoms with E-state index in [1.165, 1.54) is 5.57 Å². The second kappa shape index (κ2) is 6.20. The molecule has 1 unspecified atom stereocenters. The van der Waals surface area contributed by atoms with Crippen molar-refractivity contribution in [3.63, 3.8) is 0 Å². The van der Waals surface area contributed by atoms with Crippen molar-refractivity contribution >= 4 is 28.4 Å². The van der Waals surface area contributed by atoms with E-state index in [0.717, 1.165) is 47.9 Å². The quantitative estimate of drug-likeness (QED) is 0.814. The maximum Gasteiger partial charge on any atom is 0.277 e. The van der Waals surface area contributed by atoms with Crippen molar-refractivity contribution < 1.29 is 9.59 Å².